The van der Waals surface area contributed by atoms with Crippen LogP contribution in [-0.2, 0) is 14.3 Å². The number of aliphatic hydroxyl groups is 2. The Labute approximate surface area is 131 Å². The summed E-state index contributed by atoms with van der Waals surface area (Å²) >= 11 is 0. The normalized spacial score (nSPS) is 14.9. The van der Waals surface area contributed by atoms with Crippen LogP contribution in [-0.4, -0.2) is 72.9 Å². The van der Waals surface area contributed by atoms with Crippen molar-refractivity contribution < 1.29 is 33.9 Å². The minimum Gasteiger partial charge on any atom is -0.462 e. The van der Waals surface area contributed by atoms with Crippen LogP contribution in [0, 0.1) is 5.41 Å². The summed E-state index contributed by atoms with van der Waals surface area (Å²) in [4.78, 5) is 23.1. The lowest BCUT2D eigenvalue weighted by Crippen LogP contribution is -2.57. The zero-order valence-electron chi connectivity index (χ0n) is 14.3. The van der Waals surface area contributed by atoms with Gasteiger partial charge in [-0.15, -0.1) is 0 Å². The van der Waals surface area contributed by atoms with Gasteiger partial charge in [0.25, 0.3) is 0 Å². The van der Waals surface area contributed by atoms with Crippen LogP contribution in [0.4, 0.5) is 4.79 Å². The molecule has 2 unspecified atom stereocenters. The first-order valence-corrected chi connectivity index (χ1v) is 7.15. The lowest BCUT2D eigenvalue weighted by molar-refractivity contribution is -0.928. The molecule has 0 aromatic carbocycles. The van der Waals surface area contributed by atoms with Crippen molar-refractivity contribution in [2.75, 3.05) is 33.9 Å². The predicted octanol–water partition coefficient (Wildman–Crippen LogP) is 0.0350. The number of likely N-dealkylation sites (N-methyl/N-ethyl adjacent to an activating group) is 1. The first kappa shape index (κ1) is 20.6. The van der Waals surface area contributed by atoms with Gasteiger partial charge in [-0.3, -0.25) is 4.79 Å². The van der Waals surface area contributed by atoms with Gasteiger partial charge in [0.05, 0.1) is 19.5 Å². The highest BCUT2D eigenvalue weighted by atomic mass is 16.6. The molecular weight excluding hydrogens is 292 g/mol. The lowest BCUT2D eigenvalue weighted by atomic mass is 9.97. The summed E-state index contributed by atoms with van der Waals surface area (Å²) in [5.41, 5.74) is 1.88. The molecule has 0 saturated heterocycles. The molecule has 2 atom stereocenters. The number of hydrogen-bond donors (Lipinski definition) is 3. The number of esters is 1. The highest BCUT2D eigenvalue weighted by Gasteiger charge is 2.25. The zero-order valence-corrected chi connectivity index (χ0v) is 14.3. The molecule has 8 nitrogen and oxygen atoms in total. The number of carbonyl (C=O) groups is 2. The Kier molecular flexibility index (Phi) is 7.78. The average Bonchev–Trinajstić information content (AvgIpc) is 2.29. The van der Waals surface area contributed by atoms with Crippen molar-refractivity contribution >= 4 is 12.1 Å². The first-order valence-electron chi connectivity index (χ1n) is 7.15. The van der Waals surface area contributed by atoms with Gasteiger partial charge in [0.15, 0.2) is 0 Å². The molecule has 0 aliphatic carbocycles. The van der Waals surface area contributed by atoms with E-state index in [1.165, 1.54) is 0 Å². The Balaban J connectivity index is 4.07. The molecule has 0 bridgehead atoms. The highest BCUT2D eigenvalue weighted by Crippen LogP contribution is 2.15. The maximum atomic E-state index is 11.6. The predicted molar refractivity (Wildman–Crippen MR) is 79.6 cm³/mol. The van der Waals surface area contributed by atoms with E-state index in [1.54, 1.807) is 41.8 Å². The summed E-state index contributed by atoms with van der Waals surface area (Å²) in [5, 5.41) is 18.9. The van der Waals surface area contributed by atoms with E-state index in [4.69, 9.17) is 9.47 Å². The number of nitrogens with zero attached hydrogens (tertiary/aromatic N) is 1. The molecule has 0 fully saturated rings. The molecule has 0 aromatic heterocycles. The van der Waals surface area contributed by atoms with Gasteiger partial charge >= 0.3 is 12.1 Å². The quantitative estimate of drug-likeness (QED) is 0.347. The second-order valence-corrected chi connectivity index (χ2v) is 6.93. The molecule has 3 N–H and O–H groups in total. The summed E-state index contributed by atoms with van der Waals surface area (Å²) in [6.07, 6.45) is -2.41. The Hall–Kier alpha value is -1.38. The van der Waals surface area contributed by atoms with E-state index in [9.17, 15) is 19.8 Å². The number of nitrogens with one attached hydrogen (secondary N) is 1. The minimum absolute atomic E-state index is 0.0333. The highest BCUT2D eigenvalue weighted by molar-refractivity contribution is 5.75. The topological polar surface area (TPSA) is 105 Å². The number of quaternary nitrogens is 1. The number of hydrogen-bond acceptors (Lipinski definition) is 6. The van der Waals surface area contributed by atoms with E-state index >= 15 is 0 Å². The van der Waals surface area contributed by atoms with Gasteiger partial charge in [0.1, 0.15) is 32.0 Å². The second kappa shape index (κ2) is 8.30. The number of ether oxygens (including phenoxy) is 2. The van der Waals surface area contributed by atoms with Gasteiger partial charge in [-0.05, 0) is 27.7 Å². The molecule has 0 aromatic rings. The van der Waals surface area contributed by atoms with Crippen LogP contribution in [0.25, 0.3) is 0 Å². The summed E-state index contributed by atoms with van der Waals surface area (Å²) in [5.74, 6) is -0.439. The molecule has 130 valence electrons. The molecule has 8 heteroatoms. The van der Waals surface area contributed by atoms with Crippen LogP contribution in [0.3, 0.4) is 0 Å². The van der Waals surface area contributed by atoms with E-state index in [1.807, 2.05) is 0 Å². The second-order valence-electron chi connectivity index (χ2n) is 6.93. The molecule has 0 radical (unpaired) electrons. The number of aliphatic hydroxyl groups excluding tert-OH is 2. The van der Waals surface area contributed by atoms with Gasteiger partial charge < -0.3 is 19.7 Å². The van der Waals surface area contributed by atoms with Crippen LogP contribution >= 0.6 is 0 Å². The monoisotopic (exact) mass is 321 g/mol. The van der Waals surface area contributed by atoms with Crippen LogP contribution in [0.1, 0.15) is 27.7 Å². The molecule has 0 aliphatic heterocycles. The van der Waals surface area contributed by atoms with Crippen molar-refractivity contribution in [3.05, 3.63) is 0 Å². The lowest BCUT2D eigenvalue weighted by Gasteiger charge is -2.29. The Morgan fingerprint density at radius 3 is 2.09 bits per heavy atom. The van der Waals surface area contributed by atoms with E-state index < -0.39 is 29.7 Å². The van der Waals surface area contributed by atoms with Crippen LogP contribution in [0.5, 0.6) is 0 Å². The molecule has 0 rings (SSSR count). The minimum atomic E-state index is -1.09. The van der Waals surface area contributed by atoms with Gasteiger partial charge in [-0.1, -0.05) is 0 Å². The number of rotatable bonds is 7. The number of carbonyl (C=O) groups excluding carboxylic acids is 2. The summed E-state index contributed by atoms with van der Waals surface area (Å²) in [6, 6.07) is 0. The fourth-order valence-electron chi connectivity index (χ4n) is 1.59. The molecular formula is C14H29N2O6+. The van der Waals surface area contributed by atoms with Gasteiger partial charge in [-0.2, -0.15) is 5.43 Å². The molecule has 1 amide bonds. The Morgan fingerprint density at radius 2 is 1.64 bits per heavy atom. The largest absolute Gasteiger partial charge is 0.462 e. The molecule has 0 spiro atoms. The van der Waals surface area contributed by atoms with Gasteiger partial charge in [0, 0.05) is 0 Å². The Morgan fingerprint density at radius 1 is 1.14 bits per heavy atom. The van der Waals surface area contributed by atoms with E-state index in [0.717, 1.165) is 0 Å². The number of amides is 1. The van der Waals surface area contributed by atoms with Crippen molar-refractivity contribution in [1.29, 1.82) is 0 Å². The SMILES string of the molecule is CC(O)C[N+](C)(C)NC(=O)OCC(O)COC(=O)C(C)(C)C. The third-order valence-corrected chi connectivity index (χ3v) is 2.54. The van der Waals surface area contributed by atoms with Gasteiger partial charge in [-0.25, -0.2) is 9.39 Å². The van der Waals surface area contributed by atoms with Crippen molar-refractivity contribution in [3.8, 4) is 0 Å². The van der Waals surface area contributed by atoms with E-state index in [-0.39, 0.29) is 17.8 Å². The van der Waals surface area contributed by atoms with Crippen LogP contribution in [0.2, 0.25) is 0 Å². The third kappa shape index (κ3) is 9.54. The standard InChI is InChI=1S/C14H28N2O6/c1-10(17)7-16(5,6)15-13(20)22-9-11(18)8-21-12(19)14(2,3)4/h10-11,17-18H,7-9H2,1-6H3/p+1. The fourth-order valence-corrected chi connectivity index (χ4v) is 1.59. The van der Waals surface area contributed by atoms with Crippen LogP contribution < -0.4 is 5.43 Å². The van der Waals surface area contributed by atoms with Crippen molar-refractivity contribution in [1.82, 2.24) is 5.43 Å². The first-order chi connectivity index (χ1) is 9.83. The average molecular weight is 321 g/mol. The van der Waals surface area contributed by atoms with E-state index in [0.29, 0.717) is 6.54 Å². The summed E-state index contributed by atoms with van der Waals surface area (Å²) in [7, 11) is 3.38. The zero-order chi connectivity index (χ0) is 17.6. The summed E-state index contributed by atoms with van der Waals surface area (Å²) < 4.78 is 9.80. The Bertz CT molecular complexity index is 376. The van der Waals surface area contributed by atoms with Gasteiger partial charge in [0.2, 0.25) is 0 Å². The van der Waals surface area contributed by atoms with Crippen molar-refractivity contribution in [2.45, 2.75) is 39.9 Å². The maximum Gasteiger partial charge on any atom is 0.451 e. The van der Waals surface area contributed by atoms with E-state index in [2.05, 4.69) is 5.43 Å². The molecule has 0 heterocycles. The fraction of sp³-hybridized carbons (Fsp3) is 0.857. The molecule has 0 aliphatic rings. The van der Waals surface area contributed by atoms with Crippen molar-refractivity contribution in [2.24, 2.45) is 5.41 Å². The maximum absolute atomic E-state index is 11.6. The molecule has 22 heavy (non-hydrogen) atoms. The molecule has 0 saturated carbocycles. The van der Waals surface area contributed by atoms with Crippen molar-refractivity contribution in [3.63, 3.8) is 0 Å². The van der Waals surface area contributed by atoms with Crippen LogP contribution in [0.15, 0.2) is 0 Å². The summed E-state index contributed by atoms with van der Waals surface area (Å²) in [6.45, 7) is 6.49. The smallest absolute Gasteiger partial charge is 0.451 e. The third-order valence-electron chi connectivity index (χ3n) is 2.54.